The molecular weight excluding hydrogens is 307 g/mol. The van der Waals surface area contributed by atoms with Crippen LogP contribution in [0.15, 0.2) is 38.0 Å². The fourth-order valence-corrected chi connectivity index (χ4v) is 7.77. The van der Waals surface area contributed by atoms with E-state index in [4.69, 9.17) is 0 Å². The minimum Gasteiger partial charge on any atom is -0.0654 e. The van der Waals surface area contributed by atoms with Gasteiger partial charge in [0.05, 0.1) is 0 Å². The normalized spacial score (nSPS) is 12.0. The fraction of sp³-hybridized carbons (Fsp3) is 0.739. The number of unbranched alkanes of at least 4 members (excludes halogenated alkanes) is 11. The molecular formula is C23H45P. The molecule has 1 heteroatoms. The summed E-state index contributed by atoms with van der Waals surface area (Å²) >= 11 is 0. The van der Waals surface area contributed by atoms with Crippen molar-refractivity contribution >= 4 is 7.26 Å². The Morgan fingerprint density at radius 2 is 0.875 bits per heavy atom. The molecule has 0 aliphatic carbocycles. The van der Waals surface area contributed by atoms with Crippen LogP contribution in [0.5, 0.6) is 0 Å². The van der Waals surface area contributed by atoms with Gasteiger partial charge in [0.2, 0.25) is 0 Å². The summed E-state index contributed by atoms with van der Waals surface area (Å²) in [6.07, 6.45) is 28.7. The molecule has 0 saturated carbocycles. The van der Waals surface area contributed by atoms with Crippen LogP contribution in [0, 0.1) is 0 Å². The quantitative estimate of drug-likeness (QED) is 0.125. The van der Waals surface area contributed by atoms with Crippen LogP contribution in [-0.2, 0) is 0 Å². The van der Waals surface area contributed by atoms with E-state index in [0.29, 0.717) is 0 Å². The molecule has 0 aromatic heterocycles. The molecule has 0 rings (SSSR count). The molecule has 0 heterocycles. The van der Waals surface area contributed by atoms with Gasteiger partial charge in [-0.1, -0.05) is 13.3 Å². The van der Waals surface area contributed by atoms with Crippen LogP contribution in [-0.4, -0.2) is 24.6 Å². The van der Waals surface area contributed by atoms with E-state index in [9.17, 15) is 0 Å². The van der Waals surface area contributed by atoms with E-state index in [0.717, 1.165) is 0 Å². The van der Waals surface area contributed by atoms with E-state index in [1.165, 1.54) is 102 Å². The summed E-state index contributed by atoms with van der Waals surface area (Å²) in [5.74, 6) is 0. The molecule has 24 heavy (non-hydrogen) atoms. The molecule has 0 spiro atoms. The first kappa shape index (κ1) is 23.6. The topological polar surface area (TPSA) is 0 Å². The molecule has 142 valence electrons. The first-order valence-corrected chi connectivity index (χ1v) is 13.4. The van der Waals surface area contributed by atoms with Crippen molar-refractivity contribution in [3.63, 3.8) is 0 Å². The summed E-state index contributed by atoms with van der Waals surface area (Å²) in [4.78, 5) is 0. The molecule has 0 atom stereocenters. The van der Waals surface area contributed by atoms with Crippen molar-refractivity contribution in [1.29, 1.82) is 0 Å². The van der Waals surface area contributed by atoms with Gasteiger partial charge in [-0.15, -0.1) is 0 Å². The van der Waals surface area contributed by atoms with Crippen LogP contribution in [0.1, 0.15) is 84.0 Å². The van der Waals surface area contributed by atoms with Crippen LogP contribution >= 0.6 is 7.26 Å². The van der Waals surface area contributed by atoms with E-state index < -0.39 is 7.26 Å². The number of allylic oxidation sites excluding steroid dienone is 3. The molecule has 0 aliphatic heterocycles. The second-order valence-corrected chi connectivity index (χ2v) is 12.3. The van der Waals surface area contributed by atoms with Gasteiger partial charge in [-0.05, 0) is 0 Å². The molecule has 0 bridgehead atoms. The van der Waals surface area contributed by atoms with Gasteiger partial charge < -0.3 is 0 Å². The zero-order valence-electron chi connectivity index (χ0n) is 16.7. The fourth-order valence-electron chi connectivity index (χ4n) is 3.82. The van der Waals surface area contributed by atoms with Gasteiger partial charge in [-0.2, -0.15) is 0 Å². The molecule has 0 N–H and O–H groups in total. The second kappa shape index (κ2) is 17.5. The van der Waals surface area contributed by atoms with Gasteiger partial charge >= 0.3 is 141 Å². The van der Waals surface area contributed by atoms with Crippen LogP contribution in [0.3, 0.4) is 0 Å². The Kier molecular flexibility index (Phi) is 17.2. The molecule has 0 aromatic rings. The predicted molar refractivity (Wildman–Crippen MR) is 119 cm³/mol. The molecule has 0 fully saturated rings. The van der Waals surface area contributed by atoms with Crippen molar-refractivity contribution in [3.05, 3.63) is 38.0 Å². The molecule has 0 aliphatic rings. The van der Waals surface area contributed by atoms with Gasteiger partial charge in [0.1, 0.15) is 0 Å². The van der Waals surface area contributed by atoms with Gasteiger partial charge in [-0.3, -0.25) is 0 Å². The van der Waals surface area contributed by atoms with Crippen LogP contribution < -0.4 is 0 Å². The Morgan fingerprint density at radius 3 is 1.21 bits per heavy atom. The summed E-state index contributed by atoms with van der Waals surface area (Å²) in [6.45, 7) is 14.2. The van der Waals surface area contributed by atoms with Crippen LogP contribution in [0.4, 0.5) is 0 Å². The molecule has 0 saturated heterocycles. The van der Waals surface area contributed by atoms with E-state index in [2.05, 4.69) is 44.9 Å². The Labute approximate surface area is 154 Å². The van der Waals surface area contributed by atoms with Crippen molar-refractivity contribution in [2.75, 3.05) is 24.6 Å². The smallest absolute Gasteiger partial charge is 0.0654 e. The Bertz CT molecular complexity index is 279. The minimum atomic E-state index is -1.25. The van der Waals surface area contributed by atoms with E-state index in [-0.39, 0.29) is 0 Å². The maximum absolute atomic E-state index is 3.99. The number of rotatable bonds is 19. The Morgan fingerprint density at radius 1 is 0.542 bits per heavy atom. The van der Waals surface area contributed by atoms with E-state index in [1.54, 1.807) is 0 Å². The summed E-state index contributed by atoms with van der Waals surface area (Å²) in [5, 5.41) is 0. The third kappa shape index (κ3) is 13.0. The van der Waals surface area contributed by atoms with Crippen LogP contribution in [0.25, 0.3) is 0 Å². The summed E-state index contributed by atoms with van der Waals surface area (Å²) in [5.41, 5.74) is 0. The molecule has 0 aromatic carbocycles. The average Bonchev–Trinajstić information content (AvgIpc) is 2.56. The Hall–Kier alpha value is -0.350. The first-order valence-electron chi connectivity index (χ1n) is 10.6. The van der Waals surface area contributed by atoms with Gasteiger partial charge in [0, 0.05) is 0 Å². The third-order valence-electron chi connectivity index (χ3n) is 5.29. The van der Waals surface area contributed by atoms with Crippen molar-refractivity contribution in [3.8, 4) is 0 Å². The number of hydrogen-bond donors (Lipinski definition) is 0. The zero-order valence-corrected chi connectivity index (χ0v) is 17.7. The minimum absolute atomic E-state index is 1.23. The third-order valence-corrected chi connectivity index (χ3v) is 10.2. The molecule has 0 amide bonds. The van der Waals surface area contributed by atoms with Crippen molar-refractivity contribution in [2.24, 2.45) is 0 Å². The molecule has 0 nitrogen and oxygen atoms in total. The standard InChI is InChI=1S/C23H45P/c1-5-9-10-11-12-13-14-15-16-17-18-19-23-24(20-6-2,21-7-3)22-8-4/h6-8,24H,2-5,9-23H2,1H3. The summed E-state index contributed by atoms with van der Waals surface area (Å²) in [7, 11) is -1.25. The summed E-state index contributed by atoms with van der Waals surface area (Å²) < 4.78 is 0. The van der Waals surface area contributed by atoms with Gasteiger partial charge in [0.15, 0.2) is 0 Å². The zero-order chi connectivity index (χ0) is 17.9. The van der Waals surface area contributed by atoms with Crippen molar-refractivity contribution in [1.82, 2.24) is 0 Å². The first-order chi connectivity index (χ1) is 11.7. The number of hydrogen-bond acceptors (Lipinski definition) is 0. The average molecular weight is 353 g/mol. The molecule has 0 unspecified atom stereocenters. The predicted octanol–water partition coefficient (Wildman–Crippen LogP) is 8.00. The SMILES string of the molecule is C=CC[PH](CC=C)(CC=C)CCCCCCCCCCCCCC. The second-order valence-electron chi connectivity index (χ2n) is 7.62. The monoisotopic (exact) mass is 352 g/mol. The van der Waals surface area contributed by atoms with Crippen molar-refractivity contribution < 1.29 is 0 Å². The van der Waals surface area contributed by atoms with E-state index in [1.807, 2.05) is 0 Å². The van der Waals surface area contributed by atoms with Gasteiger partial charge in [0.25, 0.3) is 0 Å². The van der Waals surface area contributed by atoms with Crippen LogP contribution in [0.2, 0.25) is 0 Å². The maximum atomic E-state index is 3.99. The van der Waals surface area contributed by atoms with Gasteiger partial charge in [-0.25, -0.2) is 0 Å². The van der Waals surface area contributed by atoms with Crippen molar-refractivity contribution in [2.45, 2.75) is 84.0 Å². The van der Waals surface area contributed by atoms with E-state index >= 15 is 0 Å². The molecule has 0 radical (unpaired) electrons. The Balaban J connectivity index is 3.66. The summed E-state index contributed by atoms with van der Waals surface area (Å²) in [6, 6.07) is 0.